The van der Waals surface area contributed by atoms with Gasteiger partial charge in [-0.05, 0) is 67.1 Å². The predicted molar refractivity (Wildman–Crippen MR) is 130 cm³/mol. The van der Waals surface area contributed by atoms with Gasteiger partial charge in [-0.1, -0.05) is 37.3 Å². The number of benzene rings is 2. The minimum atomic E-state index is -0.837. The lowest BCUT2D eigenvalue weighted by Crippen LogP contribution is -2.25. The molecule has 0 bridgehead atoms. The molecule has 0 atom stereocenters. The highest BCUT2D eigenvalue weighted by atomic mass is 16.4. The number of hydrogen-bond acceptors (Lipinski definition) is 4. The SMILES string of the molecule is CCc1nc2c(C)cc(C)nc2n1Cc1ccc2c(c1)CCc1ccccc1N2CC(=O)O. The molecule has 0 fully saturated rings. The van der Waals surface area contributed by atoms with Gasteiger partial charge in [-0.2, -0.15) is 0 Å². The number of carbonyl (C=O) groups is 1. The summed E-state index contributed by atoms with van der Waals surface area (Å²) in [6.07, 6.45) is 2.59. The minimum absolute atomic E-state index is 0.0576. The molecule has 6 heteroatoms. The van der Waals surface area contributed by atoms with Gasteiger partial charge in [0, 0.05) is 23.5 Å². The smallest absolute Gasteiger partial charge is 0.323 e. The van der Waals surface area contributed by atoms with Gasteiger partial charge in [-0.3, -0.25) is 4.79 Å². The molecule has 0 amide bonds. The molecular weight excluding hydrogens is 412 g/mol. The number of aromatic nitrogens is 3. The van der Waals surface area contributed by atoms with Crippen molar-refractivity contribution in [2.75, 3.05) is 11.4 Å². The highest BCUT2D eigenvalue weighted by Gasteiger charge is 2.23. The molecule has 1 N–H and O–H groups in total. The Labute approximate surface area is 193 Å². The quantitative estimate of drug-likeness (QED) is 0.474. The molecule has 5 rings (SSSR count). The summed E-state index contributed by atoms with van der Waals surface area (Å²) in [5.74, 6) is 0.192. The maximum absolute atomic E-state index is 11.7. The fourth-order valence-corrected chi connectivity index (χ4v) is 4.96. The molecule has 3 heterocycles. The first-order valence-corrected chi connectivity index (χ1v) is 11.5. The maximum Gasteiger partial charge on any atom is 0.323 e. The Balaban J connectivity index is 1.57. The Morgan fingerprint density at radius 1 is 1.00 bits per heavy atom. The van der Waals surface area contributed by atoms with Gasteiger partial charge < -0.3 is 14.6 Å². The molecule has 0 spiro atoms. The fourth-order valence-electron chi connectivity index (χ4n) is 4.96. The summed E-state index contributed by atoms with van der Waals surface area (Å²) in [6.45, 7) is 6.86. The number of fused-ring (bicyclic) bond motifs is 3. The van der Waals surface area contributed by atoms with Gasteiger partial charge in [0.2, 0.25) is 0 Å². The van der Waals surface area contributed by atoms with Crippen molar-refractivity contribution in [1.82, 2.24) is 14.5 Å². The van der Waals surface area contributed by atoms with Crippen LogP contribution in [0.15, 0.2) is 48.5 Å². The van der Waals surface area contributed by atoms with Crippen LogP contribution in [0, 0.1) is 13.8 Å². The van der Waals surface area contributed by atoms with E-state index in [-0.39, 0.29) is 6.54 Å². The average molecular weight is 441 g/mol. The van der Waals surface area contributed by atoms with Crippen molar-refractivity contribution in [3.05, 3.63) is 82.3 Å². The van der Waals surface area contributed by atoms with Crippen molar-refractivity contribution >= 4 is 28.5 Å². The molecule has 0 radical (unpaired) electrons. The van der Waals surface area contributed by atoms with E-state index >= 15 is 0 Å². The number of para-hydroxylation sites is 1. The molecule has 1 aliphatic heterocycles. The van der Waals surface area contributed by atoms with Crippen LogP contribution in [0.2, 0.25) is 0 Å². The number of imidazole rings is 1. The Kier molecular flexibility index (Phi) is 5.36. The number of aliphatic carboxylic acids is 1. The summed E-state index contributed by atoms with van der Waals surface area (Å²) >= 11 is 0. The minimum Gasteiger partial charge on any atom is -0.480 e. The van der Waals surface area contributed by atoms with Crippen LogP contribution >= 0.6 is 0 Å². The number of aryl methyl sites for hydroxylation is 5. The standard InChI is InChI=1S/C27H28N4O2/c1-4-24-29-26-17(2)13-18(3)28-27(26)31(24)15-19-9-12-23-21(14-19)11-10-20-7-5-6-8-22(20)30(23)16-25(32)33/h5-9,12-14H,4,10-11,15-16H2,1-3H3,(H,32,33). The highest BCUT2D eigenvalue weighted by Crippen LogP contribution is 2.36. The number of rotatable bonds is 5. The van der Waals surface area contributed by atoms with Crippen LogP contribution in [-0.2, 0) is 30.6 Å². The van der Waals surface area contributed by atoms with E-state index in [1.54, 1.807) is 0 Å². The van der Waals surface area contributed by atoms with Crippen molar-refractivity contribution < 1.29 is 9.90 Å². The molecule has 0 saturated carbocycles. The maximum atomic E-state index is 11.7. The number of anilines is 2. The lowest BCUT2D eigenvalue weighted by Gasteiger charge is -2.25. The predicted octanol–water partition coefficient (Wildman–Crippen LogP) is 4.98. The first kappa shape index (κ1) is 21.2. The summed E-state index contributed by atoms with van der Waals surface area (Å²) in [7, 11) is 0. The zero-order valence-electron chi connectivity index (χ0n) is 19.3. The summed E-state index contributed by atoms with van der Waals surface area (Å²) < 4.78 is 2.22. The summed E-state index contributed by atoms with van der Waals surface area (Å²) in [5, 5.41) is 9.58. The number of nitrogens with zero attached hydrogens (tertiary/aromatic N) is 4. The molecular formula is C27H28N4O2. The van der Waals surface area contributed by atoms with Gasteiger partial charge in [0.1, 0.15) is 17.9 Å². The van der Waals surface area contributed by atoms with Gasteiger partial charge >= 0.3 is 5.97 Å². The third-order valence-corrected chi connectivity index (χ3v) is 6.43. The third kappa shape index (κ3) is 3.86. The summed E-state index contributed by atoms with van der Waals surface area (Å²) in [5.41, 5.74) is 9.52. The Morgan fingerprint density at radius 2 is 1.76 bits per heavy atom. The number of hydrogen-bond donors (Lipinski definition) is 1. The molecule has 1 aliphatic rings. The van der Waals surface area contributed by atoms with Crippen LogP contribution in [0.1, 0.15) is 40.7 Å². The van der Waals surface area contributed by atoms with E-state index in [2.05, 4.69) is 48.7 Å². The van der Waals surface area contributed by atoms with Crippen molar-refractivity contribution in [2.45, 2.75) is 46.6 Å². The Bertz CT molecular complexity index is 1370. The van der Waals surface area contributed by atoms with E-state index in [0.29, 0.717) is 6.54 Å². The molecule has 0 aliphatic carbocycles. The molecule has 0 saturated heterocycles. The first-order valence-electron chi connectivity index (χ1n) is 11.5. The van der Waals surface area contributed by atoms with Crippen molar-refractivity contribution in [3.63, 3.8) is 0 Å². The van der Waals surface area contributed by atoms with E-state index in [9.17, 15) is 9.90 Å². The molecule has 33 heavy (non-hydrogen) atoms. The second-order valence-electron chi connectivity index (χ2n) is 8.79. The molecule has 6 nitrogen and oxygen atoms in total. The van der Waals surface area contributed by atoms with Crippen molar-refractivity contribution in [3.8, 4) is 0 Å². The second kappa shape index (κ2) is 8.35. The lowest BCUT2D eigenvalue weighted by atomic mass is 10.0. The van der Waals surface area contributed by atoms with Crippen LogP contribution in [0.25, 0.3) is 11.2 Å². The largest absolute Gasteiger partial charge is 0.480 e. The molecule has 168 valence electrons. The van der Waals surface area contributed by atoms with Gasteiger partial charge in [0.05, 0.1) is 6.54 Å². The summed E-state index contributed by atoms with van der Waals surface area (Å²) in [4.78, 5) is 23.3. The molecule has 2 aromatic carbocycles. The van der Waals surface area contributed by atoms with E-state index < -0.39 is 5.97 Å². The van der Waals surface area contributed by atoms with E-state index in [0.717, 1.165) is 58.9 Å². The molecule has 0 unspecified atom stereocenters. The monoisotopic (exact) mass is 440 g/mol. The summed E-state index contributed by atoms with van der Waals surface area (Å²) in [6, 6.07) is 16.6. The molecule has 4 aromatic rings. The van der Waals surface area contributed by atoms with Crippen LogP contribution < -0.4 is 4.90 Å². The van der Waals surface area contributed by atoms with E-state index in [1.807, 2.05) is 30.0 Å². The Hall–Kier alpha value is -3.67. The fraction of sp³-hybridized carbons (Fsp3) is 0.296. The number of carboxylic acids is 1. The van der Waals surface area contributed by atoms with Crippen molar-refractivity contribution in [1.29, 1.82) is 0 Å². The van der Waals surface area contributed by atoms with Gasteiger partial charge in [-0.15, -0.1) is 0 Å². The molecule has 2 aromatic heterocycles. The van der Waals surface area contributed by atoms with Crippen molar-refractivity contribution in [2.24, 2.45) is 0 Å². The zero-order chi connectivity index (χ0) is 23.1. The first-order chi connectivity index (χ1) is 15.9. The Morgan fingerprint density at radius 3 is 2.55 bits per heavy atom. The van der Waals surface area contributed by atoms with Gasteiger partial charge in [0.15, 0.2) is 5.65 Å². The van der Waals surface area contributed by atoms with Crippen LogP contribution in [0.3, 0.4) is 0 Å². The van der Waals surface area contributed by atoms with Crippen LogP contribution in [0.5, 0.6) is 0 Å². The zero-order valence-corrected chi connectivity index (χ0v) is 19.3. The van der Waals surface area contributed by atoms with E-state index in [1.165, 1.54) is 16.7 Å². The van der Waals surface area contributed by atoms with Gasteiger partial charge in [-0.25, -0.2) is 9.97 Å². The van der Waals surface area contributed by atoms with Crippen LogP contribution in [-0.4, -0.2) is 32.2 Å². The second-order valence-corrected chi connectivity index (χ2v) is 8.79. The number of carboxylic acid groups (broad SMARTS) is 1. The van der Waals surface area contributed by atoms with Crippen LogP contribution in [0.4, 0.5) is 11.4 Å². The average Bonchev–Trinajstić information content (AvgIpc) is 3.06. The van der Waals surface area contributed by atoms with E-state index in [4.69, 9.17) is 9.97 Å². The topological polar surface area (TPSA) is 71.2 Å². The highest BCUT2D eigenvalue weighted by molar-refractivity contribution is 5.81. The number of pyridine rings is 1. The normalized spacial score (nSPS) is 13.0. The third-order valence-electron chi connectivity index (χ3n) is 6.43. The van der Waals surface area contributed by atoms with Gasteiger partial charge in [0.25, 0.3) is 0 Å². The lowest BCUT2D eigenvalue weighted by molar-refractivity contribution is -0.135.